The van der Waals surface area contributed by atoms with Crippen molar-refractivity contribution in [2.75, 3.05) is 20.8 Å². The highest BCUT2D eigenvalue weighted by molar-refractivity contribution is 5.86. The highest BCUT2D eigenvalue weighted by Crippen LogP contribution is 2.58. The molecule has 1 aliphatic carbocycles. The molecular formula is C28H30O5. The maximum Gasteiger partial charge on any atom is 0.307 e. The molecule has 1 fully saturated rings. The maximum atomic E-state index is 11.5. The van der Waals surface area contributed by atoms with E-state index in [2.05, 4.69) is 36.4 Å². The molecule has 0 saturated heterocycles. The number of aliphatic carboxylic acids is 1. The van der Waals surface area contributed by atoms with Crippen LogP contribution in [0.1, 0.15) is 19.4 Å². The Morgan fingerprint density at radius 2 is 1.45 bits per heavy atom. The molecule has 0 aliphatic heterocycles. The summed E-state index contributed by atoms with van der Waals surface area (Å²) >= 11 is 0. The monoisotopic (exact) mass is 446 g/mol. The van der Waals surface area contributed by atoms with Gasteiger partial charge in [-0.1, -0.05) is 56.3 Å². The van der Waals surface area contributed by atoms with Crippen molar-refractivity contribution in [1.29, 1.82) is 0 Å². The predicted octanol–water partition coefficient (Wildman–Crippen LogP) is 5.91. The number of carboxylic acid groups (broad SMARTS) is 1. The Labute approximate surface area is 194 Å². The van der Waals surface area contributed by atoms with Crippen LogP contribution in [-0.4, -0.2) is 31.9 Å². The van der Waals surface area contributed by atoms with Crippen LogP contribution >= 0.6 is 0 Å². The summed E-state index contributed by atoms with van der Waals surface area (Å²) in [5.41, 5.74) is 5.16. The van der Waals surface area contributed by atoms with Crippen molar-refractivity contribution in [3.05, 3.63) is 72.3 Å². The molecule has 0 aromatic heterocycles. The van der Waals surface area contributed by atoms with Crippen molar-refractivity contribution in [2.24, 2.45) is 17.3 Å². The SMILES string of the molecule is COc1ccc(-c2cccc(COCC3C(C(=O)O)C3(C)C)c2-c2ccc(OC)cc2)cc1. The summed E-state index contributed by atoms with van der Waals surface area (Å²) in [6.07, 6.45) is 0. The van der Waals surface area contributed by atoms with Gasteiger partial charge in [-0.2, -0.15) is 0 Å². The quantitative estimate of drug-likeness (QED) is 0.443. The highest BCUT2D eigenvalue weighted by Gasteiger charge is 2.62. The Bertz CT molecular complexity index is 1120. The Kier molecular flexibility index (Phi) is 6.43. The largest absolute Gasteiger partial charge is 0.497 e. The summed E-state index contributed by atoms with van der Waals surface area (Å²) in [7, 11) is 3.31. The van der Waals surface area contributed by atoms with Gasteiger partial charge in [0.2, 0.25) is 0 Å². The van der Waals surface area contributed by atoms with Crippen molar-refractivity contribution >= 4 is 5.97 Å². The number of methoxy groups -OCH3 is 2. The van der Waals surface area contributed by atoms with Gasteiger partial charge in [-0.05, 0) is 57.5 Å². The fourth-order valence-electron chi connectivity index (χ4n) is 4.67. The van der Waals surface area contributed by atoms with Gasteiger partial charge in [0.05, 0.1) is 33.4 Å². The molecule has 0 radical (unpaired) electrons. The molecule has 33 heavy (non-hydrogen) atoms. The van der Waals surface area contributed by atoms with E-state index in [1.54, 1.807) is 14.2 Å². The molecule has 0 heterocycles. The van der Waals surface area contributed by atoms with Gasteiger partial charge in [0, 0.05) is 5.92 Å². The third-order valence-electron chi connectivity index (χ3n) is 6.80. The first-order chi connectivity index (χ1) is 15.9. The number of benzene rings is 3. The molecule has 1 saturated carbocycles. The first-order valence-electron chi connectivity index (χ1n) is 11.1. The third-order valence-corrected chi connectivity index (χ3v) is 6.80. The number of carbonyl (C=O) groups is 1. The van der Waals surface area contributed by atoms with Crippen LogP contribution in [0.4, 0.5) is 0 Å². The summed E-state index contributed by atoms with van der Waals surface area (Å²) in [6, 6.07) is 22.2. The molecule has 3 aromatic rings. The summed E-state index contributed by atoms with van der Waals surface area (Å²) in [5, 5.41) is 9.44. The second kappa shape index (κ2) is 9.28. The first-order valence-corrected chi connectivity index (χ1v) is 11.1. The zero-order valence-corrected chi connectivity index (χ0v) is 19.5. The van der Waals surface area contributed by atoms with E-state index >= 15 is 0 Å². The molecule has 172 valence electrons. The van der Waals surface area contributed by atoms with Crippen LogP contribution in [0.25, 0.3) is 22.3 Å². The van der Waals surface area contributed by atoms with Crippen LogP contribution < -0.4 is 9.47 Å². The second-order valence-corrected chi connectivity index (χ2v) is 9.06. The zero-order chi connectivity index (χ0) is 23.6. The topological polar surface area (TPSA) is 65.0 Å². The average molecular weight is 447 g/mol. The molecule has 5 heteroatoms. The van der Waals surface area contributed by atoms with Gasteiger partial charge in [0.15, 0.2) is 0 Å². The molecule has 1 aliphatic rings. The number of rotatable bonds is 9. The second-order valence-electron chi connectivity index (χ2n) is 9.06. The van der Waals surface area contributed by atoms with Crippen molar-refractivity contribution in [3.8, 4) is 33.8 Å². The van der Waals surface area contributed by atoms with Crippen LogP contribution in [-0.2, 0) is 16.1 Å². The molecule has 2 unspecified atom stereocenters. The van der Waals surface area contributed by atoms with E-state index in [-0.39, 0.29) is 17.3 Å². The zero-order valence-electron chi connectivity index (χ0n) is 19.5. The van der Waals surface area contributed by atoms with Crippen molar-refractivity contribution in [2.45, 2.75) is 20.5 Å². The normalized spacial score (nSPS) is 18.5. The van der Waals surface area contributed by atoms with Crippen molar-refractivity contribution in [1.82, 2.24) is 0 Å². The molecule has 4 rings (SSSR count). The van der Waals surface area contributed by atoms with E-state index in [0.717, 1.165) is 39.3 Å². The van der Waals surface area contributed by atoms with E-state index in [0.29, 0.717) is 13.2 Å². The van der Waals surface area contributed by atoms with E-state index in [1.807, 2.05) is 44.2 Å². The van der Waals surface area contributed by atoms with Crippen molar-refractivity contribution < 1.29 is 24.1 Å². The summed E-state index contributed by atoms with van der Waals surface area (Å²) in [4.78, 5) is 11.5. The summed E-state index contributed by atoms with van der Waals surface area (Å²) < 4.78 is 16.7. The number of hydrogen-bond acceptors (Lipinski definition) is 4. The van der Waals surface area contributed by atoms with Crippen LogP contribution in [0.3, 0.4) is 0 Å². The minimum atomic E-state index is -0.742. The first kappa shape index (κ1) is 22.9. The van der Waals surface area contributed by atoms with Gasteiger partial charge in [-0.3, -0.25) is 4.79 Å². The number of hydrogen-bond donors (Lipinski definition) is 1. The van der Waals surface area contributed by atoms with Gasteiger partial charge < -0.3 is 19.3 Å². The lowest BCUT2D eigenvalue weighted by atomic mass is 9.90. The third kappa shape index (κ3) is 4.60. The van der Waals surface area contributed by atoms with Gasteiger partial charge in [-0.25, -0.2) is 0 Å². The molecule has 2 atom stereocenters. The average Bonchev–Trinajstić information content (AvgIpc) is 3.39. The predicted molar refractivity (Wildman–Crippen MR) is 128 cm³/mol. The maximum absolute atomic E-state index is 11.5. The molecule has 3 aromatic carbocycles. The van der Waals surface area contributed by atoms with Crippen molar-refractivity contribution in [3.63, 3.8) is 0 Å². The van der Waals surface area contributed by atoms with Gasteiger partial charge in [0.1, 0.15) is 11.5 Å². The standard InChI is InChI=1S/C28H30O5/c1-28(2)24(26(28)27(29)30)17-33-16-20-6-5-7-23(18-8-12-21(31-3)13-9-18)25(20)19-10-14-22(32-4)15-11-19/h5-15,24,26H,16-17H2,1-4H3,(H,29,30). The van der Waals surface area contributed by atoms with Crippen LogP contribution in [0, 0.1) is 17.3 Å². The Morgan fingerprint density at radius 3 is 1.97 bits per heavy atom. The molecule has 1 N–H and O–H groups in total. The minimum absolute atomic E-state index is 0.0317. The van der Waals surface area contributed by atoms with E-state index in [9.17, 15) is 9.90 Å². The van der Waals surface area contributed by atoms with Crippen LogP contribution in [0.5, 0.6) is 11.5 Å². The number of ether oxygens (including phenoxy) is 3. The van der Waals surface area contributed by atoms with Gasteiger partial charge >= 0.3 is 5.97 Å². The molecule has 0 amide bonds. The fraction of sp³-hybridized carbons (Fsp3) is 0.321. The lowest BCUT2D eigenvalue weighted by Crippen LogP contribution is -2.05. The molecule has 0 bridgehead atoms. The van der Waals surface area contributed by atoms with Gasteiger partial charge in [-0.15, -0.1) is 0 Å². The van der Waals surface area contributed by atoms with Crippen LogP contribution in [0.15, 0.2) is 66.7 Å². The van der Waals surface area contributed by atoms with Gasteiger partial charge in [0.25, 0.3) is 0 Å². The summed E-state index contributed by atoms with van der Waals surface area (Å²) in [6.45, 7) is 4.82. The fourth-order valence-corrected chi connectivity index (χ4v) is 4.67. The van der Waals surface area contributed by atoms with Crippen LogP contribution in [0.2, 0.25) is 0 Å². The highest BCUT2D eigenvalue weighted by atomic mass is 16.5. The Hall–Kier alpha value is -3.31. The van der Waals surface area contributed by atoms with E-state index < -0.39 is 5.97 Å². The minimum Gasteiger partial charge on any atom is -0.497 e. The molecule has 0 spiro atoms. The van der Waals surface area contributed by atoms with E-state index in [4.69, 9.17) is 14.2 Å². The van der Waals surface area contributed by atoms with E-state index in [1.165, 1.54) is 0 Å². The molecular weight excluding hydrogens is 416 g/mol. The lowest BCUT2D eigenvalue weighted by Gasteiger charge is -2.17. The smallest absolute Gasteiger partial charge is 0.307 e. The number of carboxylic acids is 1. The molecule has 5 nitrogen and oxygen atoms in total. The Balaban J connectivity index is 1.65. The Morgan fingerprint density at radius 1 is 0.879 bits per heavy atom. The summed E-state index contributed by atoms with van der Waals surface area (Å²) in [5.74, 6) is 0.556. The lowest BCUT2D eigenvalue weighted by molar-refractivity contribution is -0.139.